The normalized spacial score (nSPS) is 12.1. The molecule has 25 heavy (non-hydrogen) atoms. The molecule has 0 aliphatic carbocycles. The molecule has 7 heteroatoms. The van der Waals surface area contributed by atoms with Crippen molar-refractivity contribution in [2.24, 2.45) is 0 Å². The molecule has 0 amide bonds. The van der Waals surface area contributed by atoms with Crippen molar-refractivity contribution in [1.82, 2.24) is 0 Å². The third-order valence-corrected chi connectivity index (χ3v) is 7.56. The quantitative estimate of drug-likeness (QED) is 0.737. The van der Waals surface area contributed by atoms with E-state index in [1.54, 1.807) is 50.2 Å². The van der Waals surface area contributed by atoms with E-state index in [1.807, 2.05) is 0 Å². The van der Waals surface area contributed by atoms with Gasteiger partial charge in [-0.1, -0.05) is 36.4 Å². The smallest absolute Gasteiger partial charge is 0.185 e. The second-order valence-corrected chi connectivity index (χ2v) is 9.93. The lowest BCUT2D eigenvalue weighted by molar-refractivity contribution is -0.116. The Morgan fingerprint density at radius 2 is 1.20 bits per heavy atom. The van der Waals surface area contributed by atoms with Crippen LogP contribution in [0.3, 0.4) is 0 Å². The Hall–Kier alpha value is -1.99. The molecule has 134 valence electrons. The molecule has 0 N–H and O–H groups in total. The summed E-state index contributed by atoms with van der Waals surface area (Å²) in [5, 5.41) is 0. The Bertz CT molecular complexity index is 990. The van der Waals surface area contributed by atoms with Crippen molar-refractivity contribution >= 4 is 25.5 Å². The summed E-state index contributed by atoms with van der Waals surface area (Å²) < 4.78 is 49.4. The first-order valence-electron chi connectivity index (χ1n) is 7.72. The topological polar surface area (TPSA) is 85.3 Å². The van der Waals surface area contributed by atoms with E-state index in [2.05, 4.69) is 0 Å². The molecule has 0 saturated carbocycles. The lowest BCUT2D eigenvalue weighted by Crippen LogP contribution is -2.20. The number of hydrogen-bond donors (Lipinski definition) is 0. The van der Waals surface area contributed by atoms with Gasteiger partial charge in [-0.05, 0) is 37.1 Å². The lowest BCUT2D eigenvalue weighted by Gasteiger charge is -2.08. The zero-order valence-electron chi connectivity index (χ0n) is 14.1. The van der Waals surface area contributed by atoms with Crippen LogP contribution in [-0.2, 0) is 24.5 Å². The maximum absolute atomic E-state index is 12.3. The molecule has 0 aliphatic heterocycles. The first-order chi connectivity index (χ1) is 11.6. The number of carbonyl (C=O) groups excluding carboxylic acids is 1. The van der Waals surface area contributed by atoms with Crippen molar-refractivity contribution < 1.29 is 21.6 Å². The summed E-state index contributed by atoms with van der Waals surface area (Å²) in [6.45, 7) is 3.33. The second kappa shape index (κ2) is 7.49. The molecular weight excluding hydrogens is 360 g/mol. The molecular formula is C18H20O5S2. The molecule has 0 spiro atoms. The molecule has 0 aliphatic rings. The molecule has 0 saturated heterocycles. The van der Waals surface area contributed by atoms with Gasteiger partial charge in [0.05, 0.1) is 15.5 Å². The van der Waals surface area contributed by atoms with E-state index in [-0.39, 0.29) is 16.2 Å². The summed E-state index contributed by atoms with van der Waals surface area (Å²) >= 11 is 0. The molecule has 0 aromatic heterocycles. The van der Waals surface area contributed by atoms with E-state index in [0.29, 0.717) is 11.1 Å². The highest BCUT2D eigenvalue weighted by atomic mass is 32.2. The molecule has 5 nitrogen and oxygen atoms in total. The fourth-order valence-electron chi connectivity index (χ4n) is 2.53. The number of sulfone groups is 2. The van der Waals surface area contributed by atoms with Crippen molar-refractivity contribution in [1.29, 1.82) is 0 Å². The van der Waals surface area contributed by atoms with Gasteiger partial charge in [-0.25, -0.2) is 16.8 Å². The summed E-state index contributed by atoms with van der Waals surface area (Å²) in [5.74, 6) is -1.71. The second-order valence-electron chi connectivity index (χ2n) is 5.90. The lowest BCUT2D eigenvalue weighted by atomic mass is 10.2. The summed E-state index contributed by atoms with van der Waals surface area (Å²) in [6.07, 6.45) is -0.332. The predicted molar refractivity (Wildman–Crippen MR) is 96.1 cm³/mol. The van der Waals surface area contributed by atoms with Crippen molar-refractivity contribution in [3.63, 3.8) is 0 Å². The van der Waals surface area contributed by atoms with Gasteiger partial charge in [-0.3, -0.25) is 4.79 Å². The van der Waals surface area contributed by atoms with E-state index >= 15 is 0 Å². The van der Waals surface area contributed by atoms with Crippen LogP contribution < -0.4 is 0 Å². The van der Waals surface area contributed by atoms with E-state index in [0.717, 1.165) is 0 Å². The fourth-order valence-corrected chi connectivity index (χ4v) is 5.66. The first kappa shape index (κ1) is 19.3. The van der Waals surface area contributed by atoms with Crippen molar-refractivity contribution in [2.75, 3.05) is 11.5 Å². The molecule has 0 fully saturated rings. The number of aryl methyl sites for hydroxylation is 2. The molecule has 2 aromatic rings. The van der Waals surface area contributed by atoms with Crippen LogP contribution in [0.1, 0.15) is 17.5 Å². The Morgan fingerprint density at radius 3 is 1.68 bits per heavy atom. The zero-order valence-corrected chi connectivity index (χ0v) is 15.7. The minimum absolute atomic E-state index is 0.102. The van der Waals surface area contributed by atoms with Crippen molar-refractivity contribution in [3.8, 4) is 0 Å². The number of hydrogen-bond acceptors (Lipinski definition) is 5. The van der Waals surface area contributed by atoms with Crippen LogP contribution in [0.2, 0.25) is 0 Å². The van der Waals surface area contributed by atoms with Gasteiger partial charge >= 0.3 is 0 Å². The standard InChI is InChI=1S/C18H20O5S2/c1-14-7-3-5-9-17(14)24(20,21)12-11-16(19)13-25(22,23)18-10-6-4-8-15(18)2/h3-10H,11-13H2,1-2H3. The summed E-state index contributed by atoms with van der Waals surface area (Å²) in [6, 6.07) is 12.9. The summed E-state index contributed by atoms with van der Waals surface area (Å²) in [7, 11) is -7.41. The molecule has 2 aromatic carbocycles. The minimum atomic E-state index is -3.78. The van der Waals surface area contributed by atoms with Gasteiger partial charge < -0.3 is 0 Å². The zero-order chi connectivity index (χ0) is 18.7. The van der Waals surface area contributed by atoms with Crippen LogP contribution in [0.4, 0.5) is 0 Å². The van der Waals surface area contributed by atoms with E-state index in [1.165, 1.54) is 12.1 Å². The van der Waals surface area contributed by atoms with Crippen LogP contribution >= 0.6 is 0 Å². The number of Topliss-reactive ketones (excluding diaryl/α,β-unsaturated/α-hetero) is 1. The third kappa shape index (κ3) is 4.76. The fraction of sp³-hybridized carbons (Fsp3) is 0.278. The predicted octanol–water partition coefficient (Wildman–Crippen LogP) is 2.51. The maximum Gasteiger partial charge on any atom is 0.185 e. The van der Waals surface area contributed by atoms with E-state index in [4.69, 9.17) is 0 Å². The van der Waals surface area contributed by atoms with Gasteiger partial charge in [0.2, 0.25) is 0 Å². The van der Waals surface area contributed by atoms with Gasteiger partial charge in [0.1, 0.15) is 11.5 Å². The monoisotopic (exact) mass is 380 g/mol. The molecule has 0 radical (unpaired) electrons. The highest BCUT2D eigenvalue weighted by Crippen LogP contribution is 2.19. The molecule has 0 atom stereocenters. The van der Waals surface area contributed by atoms with Gasteiger partial charge in [0.25, 0.3) is 0 Å². The first-order valence-corrected chi connectivity index (χ1v) is 11.0. The van der Waals surface area contributed by atoms with Crippen LogP contribution in [0.5, 0.6) is 0 Å². The molecule has 0 unspecified atom stereocenters. The summed E-state index contributed by atoms with van der Waals surface area (Å²) in [4.78, 5) is 12.3. The largest absolute Gasteiger partial charge is 0.299 e. The Kier molecular flexibility index (Phi) is 5.80. The summed E-state index contributed by atoms with van der Waals surface area (Å²) in [5.41, 5.74) is 1.16. The average molecular weight is 380 g/mol. The average Bonchev–Trinajstić information content (AvgIpc) is 2.53. The van der Waals surface area contributed by atoms with E-state index < -0.39 is 37.0 Å². The SMILES string of the molecule is Cc1ccccc1S(=O)(=O)CCC(=O)CS(=O)(=O)c1ccccc1C. The van der Waals surface area contributed by atoms with Crippen molar-refractivity contribution in [2.45, 2.75) is 30.1 Å². The van der Waals surface area contributed by atoms with Gasteiger partial charge in [0.15, 0.2) is 19.7 Å². The van der Waals surface area contributed by atoms with E-state index in [9.17, 15) is 21.6 Å². The van der Waals surface area contributed by atoms with Gasteiger partial charge in [-0.15, -0.1) is 0 Å². The highest BCUT2D eigenvalue weighted by molar-refractivity contribution is 7.92. The van der Waals surface area contributed by atoms with Gasteiger partial charge in [0, 0.05) is 6.42 Å². The number of ketones is 1. The Balaban J connectivity index is 2.09. The maximum atomic E-state index is 12.3. The molecule has 2 rings (SSSR count). The van der Waals surface area contributed by atoms with Crippen molar-refractivity contribution in [3.05, 3.63) is 59.7 Å². The minimum Gasteiger partial charge on any atom is -0.299 e. The Morgan fingerprint density at radius 1 is 0.760 bits per heavy atom. The number of rotatable bonds is 7. The van der Waals surface area contributed by atoms with Gasteiger partial charge in [-0.2, -0.15) is 0 Å². The molecule has 0 heterocycles. The molecule has 0 bridgehead atoms. The number of benzene rings is 2. The highest BCUT2D eigenvalue weighted by Gasteiger charge is 2.23. The van der Waals surface area contributed by atoms with Crippen LogP contribution in [-0.4, -0.2) is 34.1 Å². The van der Waals surface area contributed by atoms with Crippen LogP contribution in [0, 0.1) is 13.8 Å². The Labute approximate surface area is 148 Å². The number of carbonyl (C=O) groups is 1. The van der Waals surface area contributed by atoms with Crippen LogP contribution in [0.25, 0.3) is 0 Å². The third-order valence-electron chi connectivity index (χ3n) is 3.86. The van der Waals surface area contributed by atoms with Crippen LogP contribution in [0.15, 0.2) is 58.3 Å².